The Morgan fingerprint density at radius 2 is 1.91 bits per heavy atom. The molecule has 0 unspecified atom stereocenters. The molecule has 0 aliphatic carbocycles. The number of aromatic nitrogens is 3. The summed E-state index contributed by atoms with van der Waals surface area (Å²) in [7, 11) is 1.23. The van der Waals surface area contributed by atoms with Crippen molar-refractivity contribution in [1.29, 1.82) is 0 Å². The van der Waals surface area contributed by atoms with Crippen LogP contribution in [-0.4, -0.2) is 22.0 Å². The first kappa shape index (κ1) is 8.09. The van der Waals surface area contributed by atoms with Gasteiger partial charge in [-0.2, -0.15) is 0 Å². The minimum atomic E-state index is -4.98. The summed E-state index contributed by atoms with van der Waals surface area (Å²) < 4.78 is 37.1. The zero-order valence-corrected chi connectivity index (χ0v) is 6.05. The Morgan fingerprint density at radius 3 is 2.09 bits per heavy atom. The van der Waals surface area contributed by atoms with Gasteiger partial charge < -0.3 is 12.9 Å². The van der Waals surface area contributed by atoms with Gasteiger partial charge in [0.25, 0.3) is 0 Å². The van der Waals surface area contributed by atoms with Crippen LogP contribution < -0.4 is 5.59 Å². The molecule has 0 spiro atoms. The molecule has 0 fully saturated rings. The second-order valence-electron chi connectivity index (χ2n) is 2.26. The number of nitrogens with zero attached hydrogens (tertiary/aromatic N) is 3. The van der Waals surface area contributed by atoms with Crippen molar-refractivity contribution in [2.75, 3.05) is 0 Å². The Morgan fingerprint density at radius 1 is 1.36 bits per heavy atom. The minimum Gasteiger partial charge on any atom is -0.444 e. The number of hydrogen-bond acceptors (Lipinski definition) is 2. The maximum absolute atomic E-state index is 12.1. The smallest absolute Gasteiger partial charge is 0.444 e. The van der Waals surface area contributed by atoms with Gasteiger partial charge in [-0.05, 0) is 6.92 Å². The summed E-state index contributed by atoms with van der Waals surface area (Å²) in [6.07, 6.45) is 0. The summed E-state index contributed by atoms with van der Waals surface area (Å²) in [6.45, 7) is -3.69. The van der Waals surface area contributed by atoms with E-state index in [1.165, 1.54) is 14.0 Å². The molecule has 62 valence electrons. The average Bonchev–Trinajstić information content (AvgIpc) is 2.08. The van der Waals surface area contributed by atoms with Gasteiger partial charge in [-0.3, -0.25) is 4.68 Å². The van der Waals surface area contributed by atoms with Crippen molar-refractivity contribution >= 4 is 12.6 Å². The lowest BCUT2D eigenvalue weighted by Gasteiger charge is -2.14. The molecule has 1 heterocycles. The summed E-state index contributed by atoms with van der Waals surface area (Å²) in [5.41, 5.74) is -0.801. The van der Waals surface area contributed by atoms with Crippen molar-refractivity contribution in [3.63, 3.8) is 0 Å². The molecule has 1 rings (SSSR count). The van der Waals surface area contributed by atoms with Gasteiger partial charge in [-0.25, -0.2) is 0 Å². The van der Waals surface area contributed by atoms with Gasteiger partial charge in [0.1, 0.15) is 0 Å². The van der Waals surface area contributed by atoms with Crippen molar-refractivity contribution in [2.45, 2.75) is 6.92 Å². The highest BCUT2D eigenvalue weighted by Gasteiger charge is 2.31. The van der Waals surface area contributed by atoms with E-state index < -0.39 is 12.6 Å². The molecule has 0 saturated heterocycles. The molecule has 1 aromatic rings. The van der Waals surface area contributed by atoms with Crippen LogP contribution in [0.25, 0.3) is 0 Å². The molecule has 11 heavy (non-hydrogen) atoms. The Hall–Kier alpha value is -1.01. The standard InChI is InChI=1S/C4H6BF3N3/c1-3-4(5(6,7)8)11(2)10-9-3/h1-2H3/q-1. The monoisotopic (exact) mass is 164 g/mol. The molecule has 1 aromatic heterocycles. The first-order valence-electron chi connectivity index (χ1n) is 2.99. The molecule has 0 aliphatic heterocycles. The Balaban J connectivity index is 3.21. The second kappa shape index (κ2) is 2.25. The molecule has 0 amide bonds. The van der Waals surface area contributed by atoms with Gasteiger partial charge >= 0.3 is 6.98 Å². The summed E-state index contributed by atoms with van der Waals surface area (Å²) in [6, 6.07) is 0. The zero-order valence-electron chi connectivity index (χ0n) is 6.05. The van der Waals surface area contributed by atoms with Gasteiger partial charge in [-0.15, -0.1) is 5.10 Å². The van der Waals surface area contributed by atoms with E-state index in [4.69, 9.17) is 0 Å². The van der Waals surface area contributed by atoms with E-state index in [0.717, 1.165) is 4.68 Å². The van der Waals surface area contributed by atoms with Crippen LogP contribution in [0.4, 0.5) is 12.9 Å². The molecule has 0 radical (unpaired) electrons. The highest BCUT2D eigenvalue weighted by molar-refractivity contribution is 6.73. The molecule has 7 heteroatoms. The molecule has 0 saturated carbocycles. The van der Waals surface area contributed by atoms with E-state index in [1.807, 2.05) is 0 Å². The predicted octanol–water partition coefficient (Wildman–Crippen LogP) is 0.178. The minimum absolute atomic E-state index is 0.0694. The Kier molecular flexibility index (Phi) is 1.65. The van der Waals surface area contributed by atoms with E-state index in [0.29, 0.717) is 0 Å². The maximum Gasteiger partial charge on any atom is 0.529 e. The predicted molar refractivity (Wildman–Crippen MR) is 34.5 cm³/mol. The fourth-order valence-electron chi connectivity index (χ4n) is 0.916. The third-order valence-corrected chi connectivity index (χ3v) is 1.36. The topological polar surface area (TPSA) is 30.7 Å². The van der Waals surface area contributed by atoms with E-state index in [2.05, 4.69) is 10.3 Å². The summed E-state index contributed by atoms with van der Waals surface area (Å²) in [5, 5.41) is 6.54. The molecule has 0 bridgehead atoms. The van der Waals surface area contributed by atoms with Crippen LogP contribution in [0.2, 0.25) is 0 Å². The second-order valence-corrected chi connectivity index (χ2v) is 2.26. The lowest BCUT2D eigenvalue weighted by atomic mass is 9.84. The van der Waals surface area contributed by atoms with Gasteiger partial charge in [0, 0.05) is 12.6 Å². The van der Waals surface area contributed by atoms with Crippen LogP contribution >= 0.6 is 0 Å². The fourth-order valence-corrected chi connectivity index (χ4v) is 0.916. The summed E-state index contributed by atoms with van der Waals surface area (Å²) in [4.78, 5) is 0. The van der Waals surface area contributed by atoms with Crippen LogP contribution in [0.5, 0.6) is 0 Å². The van der Waals surface area contributed by atoms with Crippen molar-refractivity contribution in [3.8, 4) is 0 Å². The van der Waals surface area contributed by atoms with E-state index in [9.17, 15) is 12.9 Å². The molecule has 0 atom stereocenters. The Bertz CT molecular complexity index is 247. The van der Waals surface area contributed by atoms with Crippen molar-refractivity contribution in [1.82, 2.24) is 15.0 Å². The summed E-state index contributed by atoms with van der Waals surface area (Å²) >= 11 is 0. The van der Waals surface area contributed by atoms with Crippen LogP contribution in [0.1, 0.15) is 5.69 Å². The van der Waals surface area contributed by atoms with Gasteiger partial charge in [0.2, 0.25) is 0 Å². The van der Waals surface area contributed by atoms with Gasteiger partial charge in [0.15, 0.2) is 0 Å². The number of halogens is 3. The van der Waals surface area contributed by atoms with Crippen molar-refractivity contribution in [2.24, 2.45) is 7.05 Å². The quantitative estimate of drug-likeness (QED) is 0.554. The summed E-state index contributed by atoms with van der Waals surface area (Å²) in [5.74, 6) is 0. The molecule has 0 aliphatic rings. The highest BCUT2D eigenvalue weighted by atomic mass is 19.4. The van der Waals surface area contributed by atoms with Crippen LogP contribution in [0, 0.1) is 6.92 Å². The van der Waals surface area contributed by atoms with Crippen LogP contribution in [0.3, 0.4) is 0 Å². The third kappa shape index (κ3) is 1.36. The van der Waals surface area contributed by atoms with E-state index >= 15 is 0 Å². The molecule has 0 aromatic carbocycles. The van der Waals surface area contributed by atoms with Gasteiger partial charge in [-0.1, -0.05) is 5.21 Å². The first-order chi connectivity index (χ1) is 4.93. The number of hydrogen-bond donors (Lipinski definition) is 0. The normalized spacial score (nSPS) is 12.1. The lowest BCUT2D eigenvalue weighted by molar-refractivity contribution is 0.492. The van der Waals surface area contributed by atoms with Crippen molar-refractivity contribution in [3.05, 3.63) is 5.69 Å². The van der Waals surface area contributed by atoms with Crippen molar-refractivity contribution < 1.29 is 12.9 Å². The molecule has 0 N–H and O–H groups in total. The molecular weight excluding hydrogens is 158 g/mol. The zero-order chi connectivity index (χ0) is 8.65. The molecular formula is C4H6BF3N3-. The van der Waals surface area contributed by atoms with Crippen LogP contribution in [-0.2, 0) is 7.05 Å². The molecule has 3 nitrogen and oxygen atoms in total. The fraction of sp³-hybridized carbons (Fsp3) is 0.500. The van der Waals surface area contributed by atoms with Gasteiger partial charge in [0.05, 0.1) is 5.69 Å². The largest absolute Gasteiger partial charge is 0.529 e. The van der Waals surface area contributed by atoms with E-state index in [1.54, 1.807) is 0 Å². The third-order valence-electron chi connectivity index (χ3n) is 1.36. The SMILES string of the molecule is Cc1nnn(C)c1[B-](F)(F)F. The number of rotatable bonds is 1. The Labute approximate surface area is 61.3 Å². The highest BCUT2D eigenvalue weighted by Crippen LogP contribution is 2.08. The first-order valence-corrected chi connectivity index (χ1v) is 2.99. The van der Waals surface area contributed by atoms with Crippen LogP contribution in [0.15, 0.2) is 0 Å². The average molecular weight is 164 g/mol. The number of aryl methyl sites for hydroxylation is 2. The maximum atomic E-state index is 12.1. The van der Waals surface area contributed by atoms with E-state index in [-0.39, 0.29) is 5.69 Å². The lowest BCUT2D eigenvalue weighted by Crippen LogP contribution is -2.41.